The average Bonchev–Trinajstić information content (AvgIpc) is 2.60. The minimum absolute atomic E-state index is 0.118. The summed E-state index contributed by atoms with van der Waals surface area (Å²) >= 11 is 0. The van der Waals surface area contributed by atoms with Gasteiger partial charge in [0.05, 0.1) is 17.3 Å². The van der Waals surface area contributed by atoms with E-state index in [1.807, 2.05) is 50.4 Å². The van der Waals surface area contributed by atoms with E-state index < -0.39 is 0 Å². The molecule has 0 atom stereocenters. The molecule has 0 radical (unpaired) electrons. The van der Waals surface area contributed by atoms with Gasteiger partial charge in [-0.15, -0.1) is 0 Å². The summed E-state index contributed by atoms with van der Waals surface area (Å²) in [6, 6.07) is 11.3. The predicted octanol–water partition coefficient (Wildman–Crippen LogP) is 2.02. The van der Waals surface area contributed by atoms with Gasteiger partial charge in [-0.1, -0.05) is 18.2 Å². The van der Waals surface area contributed by atoms with Gasteiger partial charge in [0, 0.05) is 18.8 Å². The Balaban J connectivity index is 2.69. The zero-order valence-corrected chi connectivity index (χ0v) is 10.3. The summed E-state index contributed by atoms with van der Waals surface area (Å²) in [5.41, 5.74) is 2.07. The molecule has 0 aliphatic heterocycles. The Morgan fingerprint density at radius 2 is 1.94 bits per heavy atom. The van der Waals surface area contributed by atoms with Gasteiger partial charge in [0.2, 0.25) is 0 Å². The molecule has 0 spiro atoms. The first-order chi connectivity index (χ1) is 8.66. The van der Waals surface area contributed by atoms with Crippen LogP contribution in [-0.4, -0.2) is 9.36 Å². The Kier molecular flexibility index (Phi) is 3.16. The number of para-hydroxylation sites is 1. The molecule has 1 aromatic carbocycles. The van der Waals surface area contributed by atoms with Gasteiger partial charge in [-0.25, -0.2) is 4.68 Å². The van der Waals surface area contributed by atoms with Crippen LogP contribution in [0.1, 0.15) is 11.3 Å². The van der Waals surface area contributed by atoms with E-state index in [4.69, 9.17) is 5.26 Å². The highest BCUT2D eigenvalue weighted by Gasteiger charge is 2.13. The van der Waals surface area contributed by atoms with E-state index in [2.05, 4.69) is 0 Å². The Hall–Kier alpha value is -2.54. The summed E-state index contributed by atoms with van der Waals surface area (Å²) in [5, 5.41) is 8.55. The largest absolute Gasteiger partial charge is 0.285 e. The molecule has 0 fully saturated rings. The number of nitrogens with zero attached hydrogens (tertiary/aromatic N) is 3. The van der Waals surface area contributed by atoms with E-state index in [1.165, 1.54) is 6.08 Å². The van der Waals surface area contributed by atoms with Crippen LogP contribution in [0, 0.1) is 18.3 Å². The number of allylic oxidation sites excluding steroid dienone is 1. The molecule has 90 valence electrons. The summed E-state index contributed by atoms with van der Waals surface area (Å²) in [7, 11) is 1.83. The topological polar surface area (TPSA) is 50.7 Å². The predicted molar refractivity (Wildman–Crippen MR) is 70.4 cm³/mol. The number of benzene rings is 1. The first kappa shape index (κ1) is 11.9. The highest BCUT2D eigenvalue weighted by molar-refractivity contribution is 5.54. The average molecular weight is 239 g/mol. The van der Waals surface area contributed by atoms with Gasteiger partial charge in [-0.3, -0.25) is 9.48 Å². The van der Waals surface area contributed by atoms with Crippen molar-refractivity contribution >= 4 is 6.08 Å². The molecule has 0 saturated heterocycles. The summed E-state index contributed by atoms with van der Waals surface area (Å²) in [4.78, 5) is 12.3. The molecule has 0 N–H and O–H groups in total. The van der Waals surface area contributed by atoms with Crippen LogP contribution >= 0.6 is 0 Å². The molecule has 0 unspecified atom stereocenters. The number of nitriles is 1. The number of hydrogen-bond acceptors (Lipinski definition) is 2. The van der Waals surface area contributed by atoms with Crippen LogP contribution in [0.5, 0.6) is 0 Å². The molecule has 1 aromatic heterocycles. The third-order valence-corrected chi connectivity index (χ3v) is 2.92. The first-order valence-electron chi connectivity index (χ1n) is 5.57. The van der Waals surface area contributed by atoms with E-state index in [0.29, 0.717) is 5.56 Å². The van der Waals surface area contributed by atoms with Gasteiger partial charge in [0.15, 0.2) is 0 Å². The van der Waals surface area contributed by atoms with E-state index in [0.717, 1.165) is 11.4 Å². The minimum Gasteiger partial charge on any atom is -0.285 e. The second-order valence-electron chi connectivity index (χ2n) is 3.94. The lowest BCUT2D eigenvalue weighted by Crippen LogP contribution is -2.20. The highest BCUT2D eigenvalue weighted by atomic mass is 16.1. The van der Waals surface area contributed by atoms with Crippen molar-refractivity contribution in [2.75, 3.05) is 0 Å². The SMILES string of the molecule is Cc1c(/C=C/C#N)c(=O)n(-c2ccccc2)n1C. The normalized spacial score (nSPS) is 10.7. The molecular weight excluding hydrogens is 226 g/mol. The monoisotopic (exact) mass is 239 g/mol. The van der Waals surface area contributed by atoms with Crippen LogP contribution in [0.25, 0.3) is 11.8 Å². The third kappa shape index (κ3) is 1.87. The van der Waals surface area contributed by atoms with Crippen LogP contribution in [0.15, 0.2) is 41.2 Å². The maximum absolute atomic E-state index is 12.3. The quantitative estimate of drug-likeness (QED) is 0.753. The molecule has 0 bridgehead atoms. The van der Waals surface area contributed by atoms with E-state index in [1.54, 1.807) is 15.4 Å². The summed E-state index contributed by atoms with van der Waals surface area (Å²) in [5.74, 6) is 0. The van der Waals surface area contributed by atoms with Crippen LogP contribution in [0.4, 0.5) is 0 Å². The number of aromatic nitrogens is 2. The van der Waals surface area contributed by atoms with E-state index in [9.17, 15) is 4.79 Å². The molecule has 4 heteroatoms. The summed E-state index contributed by atoms with van der Waals surface area (Å²) in [6.07, 6.45) is 2.87. The van der Waals surface area contributed by atoms with Gasteiger partial charge >= 0.3 is 0 Å². The van der Waals surface area contributed by atoms with Crippen molar-refractivity contribution in [3.8, 4) is 11.8 Å². The third-order valence-electron chi connectivity index (χ3n) is 2.92. The van der Waals surface area contributed by atoms with Gasteiger partial charge < -0.3 is 0 Å². The Morgan fingerprint density at radius 1 is 1.28 bits per heavy atom. The fourth-order valence-electron chi connectivity index (χ4n) is 1.90. The van der Waals surface area contributed by atoms with Crippen molar-refractivity contribution in [2.24, 2.45) is 7.05 Å². The maximum Gasteiger partial charge on any atom is 0.278 e. The number of rotatable bonds is 2. The lowest BCUT2D eigenvalue weighted by atomic mass is 10.2. The Morgan fingerprint density at radius 3 is 2.56 bits per heavy atom. The maximum atomic E-state index is 12.3. The van der Waals surface area contributed by atoms with Crippen LogP contribution in [-0.2, 0) is 7.05 Å². The first-order valence-corrected chi connectivity index (χ1v) is 5.57. The van der Waals surface area contributed by atoms with E-state index in [-0.39, 0.29) is 5.56 Å². The molecule has 18 heavy (non-hydrogen) atoms. The molecular formula is C14H13N3O. The Bertz CT molecular complexity index is 684. The molecule has 0 aliphatic rings. The second-order valence-corrected chi connectivity index (χ2v) is 3.94. The second kappa shape index (κ2) is 4.76. The van der Waals surface area contributed by atoms with Crippen LogP contribution < -0.4 is 5.56 Å². The van der Waals surface area contributed by atoms with Gasteiger partial charge in [0.1, 0.15) is 0 Å². The molecule has 0 saturated carbocycles. The van der Waals surface area contributed by atoms with Gasteiger partial charge in [-0.2, -0.15) is 5.26 Å². The summed E-state index contributed by atoms with van der Waals surface area (Å²) < 4.78 is 3.38. The van der Waals surface area contributed by atoms with Crippen LogP contribution in [0.3, 0.4) is 0 Å². The van der Waals surface area contributed by atoms with Gasteiger partial charge in [0.25, 0.3) is 5.56 Å². The van der Waals surface area contributed by atoms with Crippen molar-refractivity contribution in [1.82, 2.24) is 9.36 Å². The summed E-state index contributed by atoms with van der Waals surface area (Å²) in [6.45, 7) is 1.86. The lowest BCUT2D eigenvalue weighted by Gasteiger charge is -2.07. The lowest BCUT2D eigenvalue weighted by molar-refractivity contribution is 0.630. The zero-order valence-electron chi connectivity index (χ0n) is 10.3. The smallest absolute Gasteiger partial charge is 0.278 e. The fourth-order valence-corrected chi connectivity index (χ4v) is 1.90. The van der Waals surface area contributed by atoms with Gasteiger partial charge in [-0.05, 0) is 25.1 Å². The molecule has 4 nitrogen and oxygen atoms in total. The van der Waals surface area contributed by atoms with Crippen molar-refractivity contribution in [3.05, 3.63) is 58.0 Å². The van der Waals surface area contributed by atoms with Crippen molar-refractivity contribution in [2.45, 2.75) is 6.92 Å². The minimum atomic E-state index is -0.118. The fraction of sp³-hybridized carbons (Fsp3) is 0.143. The Labute approximate surface area is 105 Å². The van der Waals surface area contributed by atoms with E-state index >= 15 is 0 Å². The molecule has 0 amide bonds. The molecule has 2 aromatic rings. The van der Waals surface area contributed by atoms with Crippen molar-refractivity contribution in [3.63, 3.8) is 0 Å². The highest BCUT2D eigenvalue weighted by Crippen LogP contribution is 2.10. The molecule has 1 heterocycles. The van der Waals surface area contributed by atoms with Crippen molar-refractivity contribution in [1.29, 1.82) is 5.26 Å². The molecule has 2 rings (SSSR count). The van der Waals surface area contributed by atoms with Crippen molar-refractivity contribution < 1.29 is 0 Å². The standard InChI is InChI=1S/C14H13N3O/c1-11-13(9-6-10-15)14(18)17(16(11)2)12-7-4-3-5-8-12/h3-9H,1-2H3/b9-6+. The zero-order chi connectivity index (χ0) is 13.1. The van der Waals surface area contributed by atoms with Crippen LogP contribution in [0.2, 0.25) is 0 Å². The molecule has 0 aliphatic carbocycles. The number of hydrogen-bond donors (Lipinski definition) is 0.